The van der Waals surface area contributed by atoms with E-state index in [1.165, 1.54) is 0 Å². The van der Waals surface area contributed by atoms with Gasteiger partial charge in [-0.25, -0.2) is 4.79 Å². The lowest BCUT2D eigenvalue weighted by atomic mass is 10.1. The van der Waals surface area contributed by atoms with Crippen LogP contribution in [0.4, 0.5) is 0 Å². The number of hydrogen-bond donors (Lipinski definition) is 0. The van der Waals surface area contributed by atoms with Crippen LogP contribution in [0.15, 0.2) is 24.3 Å². The molecular weight excluding hydrogens is 298 g/mol. The normalized spacial score (nSPS) is 12.3. The summed E-state index contributed by atoms with van der Waals surface area (Å²) in [6.07, 6.45) is 0. The molecule has 0 spiro atoms. The monoisotopic (exact) mass is 315 g/mol. The van der Waals surface area contributed by atoms with Crippen molar-refractivity contribution in [2.75, 3.05) is 13.4 Å². The van der Waals surface area contributed by atoms with Crippen molar-refractivity contribution in [3.63, 3.8) is 0 Å². The van der Waals surface area contributed by atoms with Crippen LogP contribution in [0.3, 0.4) is 0 Å². The van der Waals surface area contributed by atoms with Gasteiger partial charge in [-0.2, -0.15) is 0 Å². The van der Waals surface area contributed by atoms with Crippen molar-refractivity contribution in [2.45, 2.75) is 13.8 Å². The van der Waals surface area contributed by atoms with Crippen molar-refractivity contribution in [3.8, 4) is 11.5 Å². The van der Waals surface area contributed by atoms with Gasteiger partial charge in [-0.1, -0.05) is 0 Å². The molecule has 0 saturated heterocycles. The molecule has 6 nitrogen and oxygen atoms in total. The van der Waals surface area contributed by atoms with Crippen LogP contribution < -0.4 is 9.47 Å². The summed E-state index contributed by atoms with van der Waals surface area (Å²) in [7, 11) is 1.89. The van der Waals surface area contributed by atoms with E-state index in [9.17, 15) is 9.59 Å². The van der Waals surface area contributed by atoms with Gasteiger partial charge in [0.1, 0.15) is 0 Å². The first-order valence-electron chi connectivity index (χ1n) is 7.20. The number of ether oxygens (including phenoxy) is 3. The largest absolute Gasteiger partial charge is 0.454 e. The maximum Gasteiger partial charge on any atom is 0.338 e. The van der Waals surface area contributed by atoms with Gasteiger partial charge in [0.15, 0.2) is 18.1 Å². The summed E-state index contributed by atoms with van der Waals surface area (Å²) in [5.41, 5.74) is 2.73. The van der Waals surface area contributed by atoms with Gasteiger partial charge in [0.05, 0.1) is 5.56 Å². The third-order valence-electron chi connectivity index (χ3n) is 4.02. The molecule has 0 unspecified atom stereocenters. The number of fused-ring (bicyclic) bond motifs is 1. The number of benzene rings is 1. The summed E-state index contributed by atoms with van der Waals surface area (Å²) in [5, 5.41) is 0. The third kappa shape index (κ3) is 2.79. The number of hydrogen-bond acceptors (Lipinski definition) is 5. The number of ketones is 1. The number of aromatic nitrogens is 1. The lowest BCUT2D eigenvalue weighted by molar-refractivity contribution is 0.0474. The zero-order chi connectivity index (χ0) is 16.6. The molecule has 1 aliphatic rings. The third-order valence-corrected chi connectivity index (χ3v) is 4.02. The number of esters is 1. The summed E-state index contributed by atoms with van der Waals surface area (Å²) in [4.78, 5) is 24.3. The SMILES string of the molecule is Cc1cc(C(=O)COC(=O)c2ccc3c(c2)OCO3)c(C)n1C. The molecule has 0 atom stereocenters. The molecule has 0 amide bonds. The van der Waals surface area contributed by atoms with Gasteiger partial charge in [-0.15, -0.1) is 0 Å². The highest BCUT2D eigenvalue weighted by Crippen LogP contribution is 2.32. The molecule has 0 aliphatic carbocycles. The van der Waals surface area contributed by atoms with E-state index in [1.807, 2.05) is 25.5 Å². The fourth-order valence-electron chi connectivity index (χ4n) is 2.45. The molecule has 0 N–H and O–H groups in total. The maximum absolute atomic E-state index is 12.2. The first kappa shape index (κ1) is 15.1. The van der Waals surface area contributed by atoms with E-state index in [0.717, 1.165) is 11.4 Å². The van der Waals surface area contributed by atoms with E-state index < -0.39 is 5.97 Å². The Morgan fingerprint density at radius 1 is 1.17 bits per heavy atom. The Bertz CT molecular complexity index is 791. The van der Waals surface area contributed by atoms with Crippen LogP contribution in [-0.4, -0.2) is 29.7 Å². The molecule has 2 aromatic rings. The molecule has 0 radical (unpaired) electrons. The maximum atomic E-state index is 12.2. The molecular formula is C17H17NO5. The Kier molecular flexibility index (Phi) is 3.82. The highest BCUT2D eigenvalue weighted by Gasteiger charge is 2.19. The molecule has 3 rings (SSSR count). The average Bonchev–Trinajstić information content (AvgIpc) is 3.11. The first-order valence-corrected chi connectivity index (χ1v) is 7.20. The lowest BCUT2D eigenvalue weighted by Gasteiger charge is -2.05. The molecule has 6 heteroatoms. The van der Waals surface area contributed by atoms with Crippen LogP contribution >= 0.6 is 0 Å². The molecule has 0 fully saturated rings. The van der Waals surface area contributed by atoms with E-state index >= 15 is 0 Å². The smallest absolute Gasteiger partial charge is 0.338 e. The van der Waals surface area contributed by atoms with Crippen molar-refractivity contribution in [1.29, 1.82) is 0 Å². The van der Waals surface area contributed by atoms with Crippen LogP contribution in [0, 0.1) is 13.8 Å². The number of nitrogens with zero attached hydrogens (tertiary/aromatic N) is 1. The molecule has 120 valence electrons. The minimum absolute atomic E-state index is 0.138. The molecule has 23 heavy (non-hydrogen) atoms. The predicted molar refractivity (Wildman–Crippen MR) is 82.1 cm³/mol. The molecule has 1 aliphatic heterocycles. The topological polar surface area (TPSA) is 66.8 Å². The van der Waals surface area contributed by atoms with Gasteiger partial charge in [-0.05, 0) is 38.1 Å². The Morgan fingerprint density at radius 3 is 2.61 bits per heavy atom. The number of carbonyl (C=O) groups is 2. The Morgan fingerprint density at radius 2 is 1.91 bits per heavy atom. The highest BCUT2D eigenvalue weighted by molar-refractivity contribution is 6.00. The van der Waals surface area contributed by atoms with Gasteiger partial charge in [0, 0.05) is 24.0 Å². The number of aryl methyl sites for hydroxylation is 1. The van der Waals surface area contributed by atoms with Gasteiger partial charge >= 0.3 is 5.97 Å². The number of rotatable bonds is 4. The van der Waals surface area contributed by atoms with E-state index in [-0.39, 0.29) is 19.2 Å². The van der Waals surface area contributed by atoms with Crippen molar-refractivity contribution >= 4 is 11.8 Å². The minimum atomic E-state index is -0.568. The summed E-state index contributed by atoms with van der Waals surface area (Å²) >= 11 is 0. The summed E-state index contributed by atoms with van der Waals surface area (Å²) in [6.45, 7) is 3.62. The van der Waals surface area contributed by atoms with Crippen LogP contribution in [-0.2, 0) is 11.8 Å². The molecule has 1 aromatic heterocycles. The Labute approximate surface area is 133 Å². The fraction of sp³-hybridized carbons (Fsp3) is 0.294. The zero-order valence-electron chi connectivity index (χ0n) is 13.2. The van der Waals surface area contributed by atoms with E-state index in [1.54, 1.807) is 24.3 Å². The minimum Gasteiger partial charge on any atom is -0.454 e. The van der Waals surface area contributed by atoms with E-state index in [2.05, 4.69) is 0 Å². The van der Waals surface area contributed by atoms with Gasteiger partial charge in [0.2, 0.25) is 12.6 Å². The van der Waals surface area contributed by atoms with Crippen molar-refractivity contribution < 1.29 is 23.8 Å². The summed E-state index contributed by atoms with van der Waals surface area (Å²) < 4.78 is 17.4. The summed E-state index contributed by atoms with van der Waals surface area (Å²) in [5.74, 6) is 0.301. The number of Topliss-reactive ketones (excluding diaryl/α,β-unsaturated/α-hetero) is 1. The van der Waals surface area contributed by atoms with Crippen molar-refractivity contribution in [3.05, 3.63) is 46.8 Å². The second-order valence-corrected chi connectivity index (χ2v) is 5.41. The lowest BCUT2D eigenvalue weighted by Crippen LogP contribution is -2.15. The Hall–Kier alpha value is -2.76. The second-order valence-electron chi connectivity index (χ2n) is 5.41. The second kappa shape index (κ2) is 5.79. The average molecular weight is 315 g/mol. The number of carbonyl (C=O) groups excluding carboxylic acids is 2. The molecule has 0 bridgehead atoms. The van der Waals surface area contributed by atoms with Crippen LogP contribution in [0.25, 0.3) is 0 Å². The van der Waals surface area contributed by atoms with E-state index in [4.69, 9.17) is 14.2 Å². The van der Waals surface area contributed by atoms with E-state index in [0.29, 0.717) is 22.6 Å². The molecule has 2 heterocycles. The van der Waals surface area contributed by atoms with Crippen LogP contribution in [0.1, 0.15) is 32.1 Å². The quantitative estimate of drug-likeness (QED) is 0.640. The summed E-state index contributed by atoms with van der Waals surface area (Å²) in [6, 6.07) is 6.57. The van der Waals surface area contributed by atoms with Crippen molar-refractivity contribution in [2.24, 2.45) is 7.05 Å². The first-order chi connectivity index (χ1) is 11.0. The van der Waals surface area contributed by atoms with Crippen molar-refractivity contribution in [1.82, 2.24) is 4.57 Å². The van der Waals surface area contributed by atoms with Gasteiger partial charge in [-0.3, -0.25) is 4.79 Å². The van der Waals surface area contributed by atoms with Gasteiger partial charge in [0.25, 0.3) is 0 Å². The van der Waals surface area contributed by atoms with Crippen LogP contribution in [0.2, 0.25) is 0 Å². The predicted octanol–water partition coefficient (Wildman–Crippen LogP) is 2.41. The molecule has 1 aromatic carbocycles. The van der Waals surface area contributed by atoms with Gasteiger partial charge < -0.3 is 18.8 Å². The standard InChI is InChI=1S/C17H17NO5/c1-10-6-13(11(2)18(10)3)14(19)8-21-17(20)12-4-5-15-16(7-12)23-9-22-15/h4-7H,8-9H2,1-3H3. The fourth-order valence-corrected chi connectivity index (χ4v) is 2.45. The zero-order valence-corrected chi connectivity index (χ0v) is 13.2. The van der Waals surface area contributed by atoms with Crippen LogP contribution in [0.5, 0.6) is 11.5 Å². The molecule has 0 saturated carbocycles. The highest BCUT2D eigenvalue weighted by atomic mass is 16.7. The Balaban J connectivity index is 1.67.